The molecule has 1 aromatic rings. The minimum Gasteiger partial charge on any atom is -0.383 e. The average molecular weight is 266 g/mol. The summed E-state index contributed by atoms with van der Waals surface area (Å²) in [4.78, 5) is 0.942. The molecule has 1 aliphatic rings. The first-order chi connectivity index (χ1) is 8.70. The number of aliphatic hydroxyl groups excluding tert-OH is 1. The van der Waals surface area contributed by atoms with Crippen molar-refractivity contribution in [2.75, 3.05) is 0 Å². The summed E-state index contributed by atoms with van der Waals surface area (Å²) in [6, 6.07) is 0. The number of allylic oxidation sites excluding steroid dienone is 1. The number of rotatable bonds is 3. The van der Waals surface area contributed by atoms with Gasteiger partial charge >= 0.3 is 0 Å². The van der Waals surface area contributed by atoms with Gasteiger partial charge in [-0.2, -0.15) is 0 Å². The summed E-state index contributed by atoms with van der Waals surface area (Å²) in [5.74, 6) is 0.322. The maximum atomic E-state index is 10.5. The van der Waals surface area contributed by atoms with Crippen molar-refractivity contribution in [2.24, 2.45) is 0 Å². The Balaban J connectivity index is 2.18. The molecular weight excluding hydrogens is 244 g/mol. The number of aliphatic hydroxyl groups is 1. The van der Waals surface area contributed by atoms with Gasteiger partial charge in [0.15, 0.2) is 0 Å². The summed E-state index contributed by atoms with van der Waals surface area (Å²) in [5.41, 5.74) is 2.12. The highest BCUT2D eigenvalue weighted by atomic mass is 32.1. The highest BCUT2D eigenvalue weighted by Gasteiger charge is 2.22. The topological polar surface area (TPSA) is 46.0 Å². The second-order valence-corrected chi connectivity index (χ2v) is 6.10. The lowest BCUT2D eigenvalue weighted by Gasteiger charge is -2.17. The van der Waals surface area contributed by atoms with Crippen LogP contribution in [-0.2, 0) is 0 Å². The lowest BCUT2D eigenvalue weighted by molar-refractivity contribution is 0.211. The van der Waals surface area contributed by atoms with E-state index in [2.05, 4.69) is 29.5 Å². The molecule has 0 fully saturated rings. The Kier molecular flexibility index (Phi) is 4.89. The van der Waals surface area contributed by atoms with Crippen LogP contribution in [0.2, 0.25) is 0 Å². The molecule has 0 aliphatic heterocycles. The maximum Gasteiger partial charge on any atom is 0.113 e. The van der Waals surface area contributed by atoms with E-state index in [1.807, 2.05) is 0 Å². The summed E-state index contributed by atoms with van der Waals surface area (Å²) < 4.78 is 4.01. The van der Waals surface area contributed by atoms with Gasteiger partial charge in [0.2, 0.25) is 0 Å². The van der Waals surface area contributed by atoms with E-state index in [0.717, 1.165) is 23.4 Å². The largest absolute Gasteiger partial charge is 0.383 e. The molecule has 0 saturated carbocycles. The van der Waals surface area contributed by atoms with Crippen molar-refractivity contribution in [3.05, 3.63) is 22.2 Å². The average Bonchev–Trinajstić information content (AvgIpc) is 2.76. The molecular formula is C14H22N2OS. The first-order valence-electron chi connectivity index (χ1n) is 6.89. The van der Waals surface area contributed by atoms with E-state index in [1.54, 1.807) is 0 Å². The monoisotopic (exact) mass is 266 g/mol. The quantitative estimate of drug-likeness (QED) is 0.842. The van der Waals surface area contributed by atoms with Gasteiger partial charge in [0.25, 0.3) is 0 Å². The Labute approximate surface area is 113 Å². The van der Waals surface area contributed by atoms with E-state index in [9.17, 15) is 5.11 Å². The van der Waals surface area contributed by atoms with Crippen molar-refractivity contribution >= 4 is 11.5 Å². The molecule has 1 heterocycles. The molecule has 1 unspecified atom stereocenters. The molecule has 100 valence electrons. The molecule has 18 heavy (non-hydrogen) atoms. The van der Waals surface area contributed by atoms with Gasteiger partial charge in [-0.25, -0.2) is 0 Å². The third-order valence-corrected chi connectivity index (χ3v) is 4.31. The summed E-state index contributed by atoms with van der Waals surface area (Å²) in [7, 11) is 0. The number of aromatic nitrogens is 2. The van der Waals surface area contributed by atoms with Gasteiger partial charge in [-0.15, -0.1) is 5.10 Å². The van der Waals surface area contributed by atoms with Crippen LogP contribution in [0.1, 0.15) is 75.0 Å². The van der Waals surface area contributed by atoms with Gasteiger partial charge in [0.1, 0.15) is 6.10 Å². The summed E-state index contributed by atoms with van der Waals surface area (Å²) in [6.07, 6.45) is 8.88. The molecule has 0 aromatic carbocycles. The zero-order valence-corrected chi connectivity index (χ0v) is 12.0. The Hall–Kier alpha value is -0.740. The Morgan fingerprint density at radius 3 is 2.78 bits per heavy atom. The molecule has 2 rings (SSSR count). The molecule has 0 amide bonds. The van der Waals surface area contributed by atoms with E-state index in [0.29, 0.717) is 5.92 Å². The van der Waals surface area contributed by atoms with Gasteiger partial charge in [-0.1, -0.05) is 37.3 Å². The lowest BCUT2D eigenvalue weighted by atomic mass is 9.94. The van der Waals surface area contributed by atoms with E-state index in [1.165, 1.54) is 42.8 Å². The fourth-order valence-electron chi connectivity index (χ4n) is 2.43. The van der Waals surface area contributed by atoms with Crippen LogP contribution in [0.3, 0.4) is 0 Å². The zero-order valence-electron chi connectivity index (χ0n) is 11.2. The highest BCUT2D eigenvalue weighted by Crippen LogP contribution is 2.34. The SMILES string of the molecule is CC(C)c1nnsc1C(O)C1=CCCCCCC1. The molecule has 1 aliphatic carbocycles. The smallest absolute Gasteiger partial charge is 0.113 e. The highest BCUT2D eigenvalue weighted by molar-refractivity contribution is 7.05. The van der Waals surface area contributed by atoms with Crippen LogP contribution in [0.15, 0.2) is 11.6 Å². The second kappa shape index (κ2) is 6.43. The van der Waals surface area contributed by atoms with Crippen LogP contribution in [0.5, 0.6) is 0 Å². The van der Waals surface area contributed by atoms with Crippen LogP contribution >= 0.6 is 11.5 Å². The van der Waals surface area contributed by atoms with Gasteiger partial charge in [-0.05, 0) is 48.7 Å². The van der Waals surface area contributed by atoms with E-state index in [-0.39, 0.29) is 0 Å². The maximum absolute atomic E-state index is 10.5. The molecule has 1 aromatic heterocycles. The molecule has 4 heteroatoms. The van der Waals surface area contributed by atoms with Gasteiger partial charge in [0.05, 0.1) is 10.6 Å². The fourth-order valence-corrected chi connectivity index (χ4v) is 3.27. The van der Waals surface area contributed by atoms with Crippen LogP contribution in [0, 0.1) is 0 Å². The van der Waals surface area contributed by atoms with Crippen molar-refractivity contribution in [2.45, 2.75) is 64.4 Å². The Morgan fingerprint density at radius 1 is 1.22 bits per heavy atom. The predicted molar refractivity (Wildman–Crippen MR) is 74.7 cm³/mol. The molecule has 0 radical (unpaired) electrons. The van der Waals surface area contributed by atoms with Crippen LogP contribution in [-0.4, -0.2) is 14.7 Å². The van der Waals surface area contributed by atoms with Gasteiger partial charge < -0.3 is 5.11 Å². The summed E-state index contributed by atoms with van der Waals surface area (Å²) in [5, 5.41) is 14.7. The van der Waals surface area contributed by atoms with Crippen molar-refractivity contribution in [3.8, 4) is 0 Å². The van der Waals surface area contributed by atoms with Crippen LogP contribution < -0.4 is 0 Å². The number of hydrogen-bond donors (Lipinski definition) is 1. The molecule has 0 spiro atoms. The molecule has 1 N–H and O–H groups in total. The number of nitrogens with zero attached hydrogens (tertiary/aromatic N) is 2. The summed E-state index contributed by atoms with van der Waals surface area (Å²) in [6.45, 7) is 4.19. The van der Waals surface area contributed by atoms with E-state index >= 15 is 0 Å². The molecule has 0 bridgehead atoms. The third kappa shape index (κ3) is 3.18. The Morgan fingerprint density at radius 2 is 2.00 bits per heavy atom. The van der Waals surface area contributed by atoms with Crippen molar-refractivity contribution in [1.82, 2.24) is 9.59 Å². The van der Waals surface area contributed by atoms with Crippen LogP contribution in [0.4, 0.5) is 0 Å². The fraction of sp³-hybridized carbons (Fsp3) is 0.714. The van der Waals surface area contributed by atoms with Crippen LogP contribution in [0.25, 0.3) is 0 Å². The summed E-state index contributed by atoms with van der Waals surface area (Å²) >= 11 is 1.34. The second-order valence-electron chi connectivity index (χ2n) is 5.31. The van der Waals surface area contributed by atoms with E-state index < -0.39 is 6.10 Å². The van der Waals surface area contributed by atoms with E-state index in [4.69, 9.17) is 0 Å². The first kappa shape index (κ1) is 13.7. The van der Waals surface area contributed by atoms with Gasteiger partial charge in [0, 0.05) is 0 Å². The van der Waals surface area contributed by atoms with Crippen molar-refractivity contribution in [1.29, 1.82) is 0 Å². The van der Waals surface area contributed by atoms with Crippen molar-refractivity contribution < 1.29 is 5.11 Å². The predicted octanol–water partition coefficient (Wildman–Crippen LogP) is 3.98. The normalized spacial score (nSPS) is 19.2. The van der Waals surface area contributed by atoms with Crippen molar-refractivity contribution in [3.63, 3.8) is 0 Å². The molecule has 3 nitrogen and oxygen atoms in total. The number of hydrogen-bond acceptors (Lipinski definition) is 4. The minimum absolute atomic E-state index is 0.322. The zero-order chi connectivity index (χ0) is 13.0. The standard InChI is InChI=1S/C14H22N2OS/c1-10(2)12-14(18-16-15-12)13(17)11-8-6-4-3-5-7-9-11/h8,10,13,17H,3-7,9H2,1-2H3. The van der Waals surface area contributed by atoms with Gasteiger partial charge in [-0.3, -0.25) is 0 Å². The Bertz CT molecular complexity index is 412. The molecule has 0 saturated heterocycles. The lowest BCUT2D eigenvalue weighted by Crippen LogP contribution is -2.05. The molecule has 1 atom stereocenters. The third-order valence-electron chi connectivity index (χ3n) is 3.51. The first-order valence-corrected chi connectivity index (χ1v) is 7.66. The minimum atomic E-state index is -0.486.